The number of hydrogen-bond acceptors (Lipinski definition) is 4. The van der Waals surface area contributed by atoms with Gasteiger partial charge in [0.05, 0.1) is 0 Å². The number of amides is 1. The lowest BCUT2D eigenvalue weighted by molar-refractivity contribution is 0.0179. The van der Waals surface area contributed by atoms with Gasteiger partial charge >= 0.3 is 6.09 Å². The van der Waals surface area contributed by atoms with Gasteiger partial charge in [-0.2, -0.15) is 0 Å². The van der Waals surface area contributed by atoms with Crippen LogP contribution >= 0.6 is 0 Å². The predicted molar refractivity (Wildman–Crippen MR) is 95.6 cm³/mol. The number of nitrogens with one attached hydrogen (secondary N) is 1. The van der Waals surface area contributed by atoms with E-state index in [1.54, 1.807) is 4.90 Å². The SMILES string of the molecule is CC(CC1CCN(C(=O)OC(C)(C)C)CC1)N[S+]([O-])C(C)(C)C. The number of rotatable bonds is 4. The van der Waals surface area contributed by atoms with Crippen LogP contribution in [-0.4, -0.2) is 45.0 Å². The van der Waals surface area contributed by atoms with Crippen LogP contribution in [0.2, 0.25) is 0 Å². The normalized spacial score (nSPS) is 20.3. The van der Waals surface area contributed by atoms with E-state index in [1.807, 2.05) is 41.5 Å². The van der Waals surface area contributed by atoms with Crippen molar-refractivity contribution in [3.63, 3.8) is 0 Å². The lowest BCUT2D eigenvalue weighted by Gasteiger charge is -2.34. The van der Waals surface area contributed by atoms with E-state index in [9.17, 15) is 9.35 Å². The predicted octanol–water partition coefficient (Wildman–Crippen LogP) is 3.46. The van der Waals surface area contributed by atoms with Crippen LogP contribution in [0.4, 0.5) is 4.79 Å². The standard InChI is InChI=1S/C17H34N2O3S/c1-13(18-23(21)17(5,6)7)12-14-8-10-19(11-9-14)15(20)22-16(2,3)4/h13-14,18H,8-12H2,1-7H3. The number of nitrogens with zero attached hydrogens (tertiary/aromatic N) is 1. The Labute approximate surface area is 144 Å². The monoisotopic (exact) mass is 346 g/mol. The fraction of sp³-hybridized carbons (Fsp3) is 0.941. The van der Waals surface area contributed by atoms with E-state index in [1.165, 1.54) is 0 Å². The second-order valence-electron chi connectivity index (χ2n) is 8.55. The van der Waals surface area contributed by atoms with Gasteiger partial charge in [-0.25, -0.2) is 4.79 Å². The highest BCUT2D eigenvalue weighted by atomic mass is 32.2. The number of carbonyl (C=O) groups excluding carboxylic acids is 1. The fourth-order valence-electron chi connectivity index (χ4n) is 2.59. The molecule has 23 heavy (non-hydrogen) atoms. The highest BCUT2D eigenvalue weighted by Gasteiger charge is 2.31. The number of hydrogen-bond donors (Lipinski definition) is 1. The first-order chi connectivity index (χ1) is 10.4. The highest BCUT2D eigenvalue weighted by molar-refractivity contribution is 7.90. The molecule has 1 heterocycles. The first-order valence-electron chi connectivity index (χ1n) is 8.54. The molecule has 136 valence electrons. The molecule has 0 aromatic heterocycles. The van der Waals surface area contributed by atoms with Crippen LogP contribution < -0.4 is 4.72 Å². The molecule has 1 amide bonds. The van der Waals surface area contributed by atoms with Gasteiger partial charge in [0.1, 0.15) is 10.3 Å². The van der Waals surface area contributed by atoms with Crippen molar-refractivity contribution in [1.29, 1.82) is 0 Å². The maximum absolute atomic E-state index is 12.1. The molecule has 0 aromatic rings. The molecule has 0 bridgehead atoms. The molecule has 1 aliphatic rings. The third-order valence-corrected chi connectivity index (χ3v) is 5.55. The molecule has 0 saturated carbocycles. The Kier molecular flexibility index (Phi) is 7.23. The lowest BCUT2D eigenvalue weighted by Crippen LogP contribution is -2.45. The Bertz CT molecular complexity index is 382. The minimum absolute atomic E-state index is 0.212. The average Bonchev–Trinajstić information content (AvgIpc) is 2.36. The minimum Gasteiger partial charge on any atom is -0.598 e. The molecule has 0 aliphatic carbocycles. The zero-order valence-electron chi connectivity index (χ0n) is 15.8. The van der Waals surface area contributed by atoms with Gasteiger partial charge in [-0.1, -0.05) is 0 Å². The first-order valence-corrected chi connectivity index (χ1v) is 9.69. The molecule has 5 nitrogen and oxygen atoms in total. The van der Waals surface area contributed by atoms with Crippen LogP contribution in [0.3, 0.4) is 0 Å². The zero-order chi connectivity index (χ0) is 17.8. The summed E-state index contributed by atoms with van der Waals surface area (Å²) >= 11 is -1.03. The van der Waals surface area contributed by atoms with Crippen molar-refractivity contribution < 1.29 is 14.1 Å². The van der Waals surface area contributed by atoms with E-state index in [0.29, 0.717) is 5.92 Å². The molecule has 1 aliphatic heterocycles. The van der Waals surface area contributed by atoms with Crippen molar-refractivity contribution in [1.82, 2.24) is 9.62 Å². The van der Waals surface area contributed by atoms with E-state index >= 15 is 0 Å². The molecule has 0 radical (unpaired) electrons. The molecule has 1 fully saturated rings. The number of likely N-dealkylation sites (tertiary alicyclic amines) is 1. The smallest absolute Gasteiger partial charge is 0.410 e. The van der Waals surface area contributed by atoms with Gasteiger partial charge in [-0.3, -0.25) is 0 Å². The Hall–Kier alpha value is -0.460. The second kappa shape index (κ2) is 8.08. The first kappa shape index (κ1) is 20.6. The maximum Gasteiger partial charge on any atom is 0.410 e. The minimum atomic E-state index is -1.03. The summed E-state index contributed by atoms with van der Waals surface area (Å²) in [5, 5.41) is 0. The number of piperidine rings is 1. The quantitative estimate of drug-likeness (QED) is 0.792. The van der Waals surface area contributed by atoms with Crippen molar-refractivity contribution in [3.8, 4) is 0 Å². The van der Waals surface area contributed by atoms with E-state index in [0.717, 1.165) is 32.4 Å². The molecular formula is C17H34N2O3S. The largest absolute Gasteiger partial charge is 0.598 e. The van der Waals surface area contributed by atoms with Gasteiger partial charge in [0.2, 0.25) is 0 Å². The molecule has 1 saturated heterocycles. The van der Waals surface area contributed by atoms with Crippen molar-refractivity contribution >= 4 is 17.5 Å². The Balaban J connectivity index is 2.35. The van der Waals surface area contributed by atoms with Gasteiger partial charge < -0.3 is 14.2 Å². The molecule has 0 spiro atoms. The van der Waals surface area contributed by atoms with Crippen LogP contribution in [0.5, 0.6) is 0 Å². The Morgan fingerprint density at radius 1 is 1.26 bits per heavy atom. The van der Waals surface area contributed by atoms with Gasteiger partial charge in [0.15, 0.2) is 0 Å². The Morgan fingerprint density at radius 3 is 2.22 bits per heavy atom. The van der Waals surface area contributed by atoms with Crippen LogP contribution in [0.15, 0.2) is 0 Å². The lowest BCUT2D eigenvalue weighted by atomic mass is 9.91. The van der Waals surface area contributed by atoms with E-state index in [-0.39, 0.29) is 16.9 Å². The molecule has 2 unspecified atom stereocenters. The third kappa shape index (κ3) is 7.77. The second-order valence-corrected chi connectivity index (χ2v) is 10.5. The zero-order valence-corrected chi connectivity index (χ0v) is 16.6. The topological polar surface area (TPSA) is 64.6 Å². The van der Waals surface area contributed by atoms with Gasteiger partial charge in [-0.15, -0.1) is 4.72 Å². The number of ether oxygens (including phenoxy) is 1. The van der Waals surface area contributed by atoms with Crippen LogP contribution in [0.1, 0.15) is 67.7 Å². The van der Waals surface area contributed by atoms with Crippen molar-refractivity contribution in [2.45, 2.75) is 84.1 Å². The van der Waals surface area contributed by atoms with E-state index in [2.05, 4.69) is 11.6 Å². The third-order valence-electron chi connectivity index (χ3n) is 3.82. The van der Waals surface area contributed by atoms with Crippen molar-refractivity contribution in [2.75, 3.05) is 13.1 Å². The molecular weight excluding hydrogens is 312 g/mol. The van der Waals surface area contributed by atoms with E-state index in [4.69, 9.17) is 4.74 Å². The molecule has 2 atom stereocenters. The summed E-state index contributed by atoms with van der Waals surface area (Å²) in [6, 6.07) is 0.216. The van der Waals surface area contributed by atoms with Gasteiger partial charge in [0.25, 0.3) is 0 Å². The molecule has 1 rings (SSSR count). The summed E-state index contributed by atoms with van der Waals surface area (Å²) in [6.45, 7) is 15.2. The van der Waals surface area contributed by atoms with Crippen LogP contribution in [-0.2, 0) is 16.1 Å². The highest BCUT2D eigenvalue weighted by Crippen LogP contribution is 2.24. The number of carbonyl (C=O) groups is 1. The Morgan fingerprint density at radius 2 is 1.78 bits per heavy atom. The van der Waals surface area contributed by atoms with Crippen molar-refractivity contribution in [3.05, 3.63) is 0 Å². The van der Waals surface area contributed by atoms with Crippen molar-refractivity contribution in [2.24, 2.45) is 5.92 Å². The summed E-state index contributed by atoms with van der Waals surface area (Å²) in [7, 11) is 0. The summed E-state index contributed by atoms with van der Waals surface area (Å²) in [6.07, 6.45) is 2.74. The summed E-state index contributed by atoms with van der Waals surface area (Å²) in [5.74, 6) is 0.563. The summed E-state index contributed by atoms with van der Waals surface area (Å²) in [5.41, 5.74) is -0.441. The maximum atomic E-state index is 12.1. The summed E-state index contributed by atoms with van der Waals surface area (Å²) < 4.78 is 20.5. The van der Waals surface area contributed by atoms with Crippen LogP contribution in [0, 0.1) is 5.92 Å². The average molecular weight is 347 g/mol. The van der Waals surface area contributed by atoms with Gasteiger partial charge in [0, 0.05) is 30.5 Å². The van der Waals surface area contributed by atoms with E-state index < -0.39 is 17.0 Å². The van der Waals surface area contributed by atoms with Crippen LogP contribution in [0.25, 0.3) is 0 Å². The fourth-order valence-corrected chi connectivity index (χ4v) is 3.40. The summed E-state index contributed by atoms with van der Waals surface area (Å²) in [4.78, 5) is 13.8. The molecule has 0 aromatic carbocycles. The molecule has 6 heteroatoms. The van der Waals surface area contributed by atoms with Gasteiger partial charge in [-0.05, 0) is 73.6 Å². The molecule has 1 N–H and O–H groups in total.